The van der Waals surface area contributed by atoms with Gasteiger partial charge >= 0.3 is 0 Å². The van der Waals surface area contributed by atoms with Gasteiger partial charge in [0, 0.05) is 0 Å². The van der Waals surface area contributed by atoms with Gasteiger partial charge in [-0.05, 0) is 11.8 Å². The van der Waals surface area contributed by atoms with Crippen LogP contribution < -0.4 is 5.90 Å². The lowest BCUT2D eigenvalue weighted by Gasteiger charge is -2.15. The van der Waals surface area contributed by atoms with Crippen LogP contribution in [0.2, 0.25) is 0 Å². The summed E-state index contributed by atoms with van der Waals surface area (Å²) in [7, 11) is 0. The SMILES string of the molecule is CC(C)(C)CCO[NH]. The normalized spacial score (nSPS) is 12.0. The summed E-state index contributed by atoms with van der Waals surface area (Å²) in [6.45, 7) is 6.94. The smallest absolute Gasteiger partial charge is 0.0704 e. The van der Waals surface area contributed by atoms with E-state index in [1.54, 1.807) is 0 Å². The summed E-state index contributed by atoms with van der Waals surface area (Å²) in [6, 6.07) is 0. The molecule has 0 aromatic carbocycles. The first kappa shape index (κ1) is 7.92. The Labute approximate surface area is 51.0 Å². The van der Waals surface area contributed by atoms with Crippen molar-refractivity contribution in [3.63, 3.8) is 0 Å². The largest absolute Gasteiger partial charge is 0.285 e. The molecule has 0 rings (SSSR count). The third kappa shape index (κ3) is 5.92. The topological polar surface area (TPSA) is 33.0 Å². The van der Waals surface area contributed by atoms with E-state index in [0.29, 0.717) is 12.0 Å². The van der Waals surface area contributed by atoms with Crippen LogP contribution in [0.5, 0.6) is 0 Å². The summed E-state index contributed by atoms with van der Waals surface area (Å²) < 4.78 is 0. The fourth-order valence-electron chi connectivity index (χ4n) is 0.357. The molecule has 0 atom stereocenters. The Morgan fingerprint density at radius 3 is 2.00 bits per heavy atom. The fraction of sp³-hybridized carbons (Fsp3) is 1.00. The van der Waals surface area contributed by atoms with Gasteiger partial charge in [-0.3, -0.25) is 4.84 Å². The first-order valence-corrected chi connectivity index (χ1v) is 2.85. The molecule has 0 aliphatic rings. The summed E-state index contributed by atoms with van der Waals surface area (Å²) in [6.07, 6.45) is 0.955. The van der Waals surface area contributed by atoms with Crippen LogP contribution in [0.3, 0.4) is 0 Å². The molecule has 8 heavy (non-hydrogen) atoms. The number of nitrogens with one attached hydrogen (secondary N) is 1. The van der Waals surface area contributed by atoms with Crippen LogP contribution in [0.25, 0.3) is 0 Å². The Morgan fingerprint density at radius 1 is 1.38 bits per heavy atom. The first-order chi connectivity index (χ1) is 3.56. The van der Waals surface area contributed by atoms with E-state index in [0.717, 1.165) is 6.42 Å². The van der Waals surface area contributed by atoms with Crippen molar-refractivity contribution >= 4 is 0 Å². The number of rotatable bonds is 2. The van der Waals surface area contributed by atoms with Gasteiger partial charge in [0.25, 0.3) is 0 Å². The molecule has 1 radical (unpaired) electrons. The Hall–Kier alpha value is -0.0800. The zero-order valence-corrected chi connectivity index (χ0v) is 5.82. The van der Waals surface area contributed by atoms with E-state index in [1.807, 2.05) is 0 Å². The molecule has 0 bridgehead atoms. The summed E-state index contributed by atoms with van der Waals surface area (Å²) in [5, 5.41) is 0. The van der Waals surface area contributed by atoms with E-state index in [9.17, 15) is 0 Å². The highest BCUT2D eigenvalue weighted by Gasteiger charge is 2.08. The monoisotopic (exact) mass is 116 g/mol. The molecule has 1 N–H and O–H groups in total. The summed E-state index contributed by atoms with van der Waals surface area (Å²) in [5.41, 5.74) is 0.307. The molecule has 2 nitrogen and oxygen atoms in total. The van der Waals surface area contributed by atoms with E-state index in [4.69, 9.17) is 5.90 Å². The summed E-state index contributed by atoms with van der Waals surface area (Å²) in [4.78, 5) is 4.17. The lowest BCUT2D eigenvalue weighted by atomic mass is 9.93. The fourth-order valence-corrected chi connectivity index (χ4v) is 0.357. The van der Waals surface area contributed by atoms with Gasteiger partial charge in [0.05, 0.1) is 6.61 Å². The van der Waals surface area contributed by atoms with Crippen molar-refractivity contribution in [3.8, 4) is 0 Å². The van der Waals surface area contributed by atoms with Gasteiger partial charge in [-0.1, -0.05) is 20.8 Å². The van der Waals surface area contributed by atoms with Gasteiger partial charge in [-0.15, -0.1) is 5.90 Å². The molecule has 0 aromatic heterocycles. The quantitative estimate of drug-likeness (QED) is 0.505. The minimum absolute atomic E-state index is 0.307. The molecule has 49 valence electrons. The lowest BCUT2D eigenvalue weighted by Crippen LogP contribution is -2.08. The first-order valence-electron chi connectivity index (χ1n) is 2.85. The highest BCUT2D eigenvalue weighted by atomic mass is 16.6. The molecule has 0 fully saturated rings. The molecule has 2 heteroatoms. The van der Waals surface area contributed by atoms with Crippen molar-refractivity contribution in [1.82, 2.24) is 5.90 Å². The summed E-state index contributed by atoms with van der Waals surface area (Å²) >= 11 is 0. The minimum Gasteiger partial charge on any atom is -0.285 e. The predicted molar refractivity (Wildman–Crippen MR) is 33.1 cm³/mol. The maximum Gasteiger partial charge on any atom is 0.0704 e. The van der Waals surface area contributed by atoms with Crippen molar-refractivity contribution in [2.24, 2.45) is 5.41 Å². The van der Waals surface area contributed by atoms with Crippen LogP contribution in [-0.4, -0.2) is 6.61 Å². The van der Waals surface area contributed by atoms with Gasteiger partial charge < -0.3 is 0 Å². The lowest BCUT2D eigenvalue weighted by molar-refractivity contribution is 0.0937. The second kappa shape index (κ2) is 3.05. The van der Waals surface area contributed by atoms with E-state index in [-0.39, 0.29) is 0 Å². The van der Waals surface area contributed by atoms with Gasteiger partial charge in [-0.25, -0.2) is 0 Å². The Morgan fingerprint density at radius 2 is 1.88 bits per heavy atom. The molecule has 0 unspecified atom stereocenters. The van der Waals surface area contributed by atoms with Gasteiger partial charge in [0.15, 0.2) is 0 Å². The minimum atomic E-state index is 0.307. The molecule has 0 heterocycles. The Balaban J connectivity index is 3.11. The van der Waals surface area contributed by atoms with E-state index in [1.165, 1.54) is 0 Å². The molecule has 0 aliphatic heterocycles. The second-order valence-electron chi connectivity index (χ2n) is 3.16. The number of hydrogen-bond acceptors (Lipinski definition) is 1. The zero-order valence-electron chi connectivity index (χ0n) is 5.82. The molecular formula is C6H14NO. The van der Waals surface area contributed by atoms with E-state index < -0.39 is 0 Å². The molecule has 0 amide bonds. The molecular weight excluding hydrogens is 102 g/mol. The number of hydrogen-bond donors (Lipinski definition) is 0. The van der Waals surface area contributed by atoms with Crippen LogP contribution in [-0.2, 0) is 4.84 Å². The van der Waals surface area contributed by atoms with E-state index >= 15 is 0 Å². The van der Waals surface area contributed by atoms with Crippen molar-refractivity contribution in [2.75, 3.05) is 6.61 Å². The van der Waals surface area contributed by atoms with E-state index in [2.05, 4.69) is 25.6 Å². The highest BCUT2D eigenvalue weighted by molar-refractivity contribution is 4.59. The van der Waals surface area contributed by atoms with Crippen molar-refractivity contribution < 1.29 is 4.84 Å². The van der Waals surface area contributed by atoms with Crippen molar-refractivity contribution in [1.29, 1.82) is 0 Å². The van der Waals surface area contributed by atoms with Crippen LogP contribution in [0.15, 0.2) is 0 Å². The van der Waals surface area contributed by atoms with Crippen LogP contribution in [0.1, 0.15) is 27.2 Å². The van der Waals surface area contributed by atoms with Crippen LogP contribution >= 0.6 is 0 Å². The van der Waals surface area contributed by atoms with Crippen LogP contribution in [0.4, 0.5) is 0 Å². The van der Waals surface area contributed by atoms with Crippen LogP contribution in [0, 0.1) is 5.41 Å². The zero-order chi connectivity index (χ0) is 6.62. The second-order valence-corrected chi connectivity index (χ2v) is 3.16. The maximum absolute atomic E-state index is 6.38. The van der Waals surface area contributed by atoms with Gasteiger partial charge in [0.2, 0.25) is 0 Å². The molecule has 0 saturated carbocycles. The molecule has 0 saturated heterocycles. The average molecular weight is 116 g/mol. The van der Waals surface area contributed by atoms with Gasteiger partial charge in [-0.2, -0.15) is 0 Å². The molecule has 0 aromatic rings. The van der Waals surface area contributed by atoms with Crippen molar-refractivity contribution in [3.05, 3.63) is 0 Å². The maximum atomic E-state index is 6.38. The Kier molecular flexibility index (Phi) is 3.02. The standard InChI is InChI=1S/C6H14NO/c1-6(2,3)4-5-8-7/h7H,4-5H2,1-3H3. The average Bonchev–Trinajstić information content (AvgIpc) is 1.59. The third-order valence-corrected chi connectivity index (χ3v) is 0.954. The highest BCUT2D eigenvalue weighted by Crippen LogP contribution is 2.17. The third-order valence-electron chi connectivity index (χ3n) is 0.954. The molecule has 0 spiro atoms. The predicted octanol–water partition coefficient (Wildman–Crippen LogP) is 1.64. The molecule has 0 aliphatic carbocycles. The van der Waals surface area contributed by atoms with Gasteiger partial charge in [0.1, 0.15) is 0 Å². The summed E-state index contributed by atoms with van der Waals surface area (Å²) in [5.74, 6) is 6.38. The Bertz CT molecular complexity index is 56.0. The van der Waals surface area contributed by atoms with Crippen molar-refractivity contribution in [2.45, 2.75) is 27.2 Å².